The molecule has 0 spiro atoms. The second-order valence-electron chi connectivity index (χ2n) is 4.53. The highest BCUT2D eigenvalue weighted by molar-refractivity contribution is 6.30. The van der Waals surface area contributed by atoms with Gasteiger partial charge in [0, 0.05) is 35.7 Å². The summed E-state index contributed by atoms with van der Waals surface area (Å²) in [5, 5.41) is 4.33. The fourth-order valence-electron chi connectivity index (χ4n) is 2.09. The Morgan fingerprint density at radius 3 is 2.79 bits per heavy atom. The molecule has 1 N–H and O–H groups in total. The first-order valence-electron chi connectivity index (χ1n) is 6.48. The molecule has 0 saturated carbocycles. The maximum atomic E-state index is 6.05. The van der Waals surface area contributed by atoms with Crippen LogP contribution in [0.5, 0.6) is 0 Å². The van der Waals surface area contributed by atoms with Crippen LogP contribution in [0, 0.1) is 0 Å². The third-order valence-corrected chi connectivity index (χ3v) is 3.37. The van der Waals surface area contributed by atoms with Crippen LogP contribution in [0.2, 0.25) is 5.02 Å². The summed E-state index contributed by atoms with van der Waals surface area (Å²) >= 11 is 6.05. The van der Waals surface area contributed by atoms with Crippen molar-refractivity contribution in [2.45, 2.75) is 32.4 Å². The van der Waals surface area contributed by atoms with Gasteiger partial charge in [-0.1, -0.05) is 30.7 Å². The number of hydrogen-bond donors (Lipinski definition) is 1. The van der Waals surface area contributed by atoms with E-state index in [2.05, 4.69) is 35.2 Å². The van der Waals surface area contributed by atoms with E-state index in [-0.39, 0.29) is 12.1 Å². The summed E-state index contributed by atoms with van der Waals surface area (Å²) in [7, 11) is 0. The highest BCUT2D eigenvalue weighted by Gasteiger charge is 2.14. The Morgan fingerprint density at radius 2 is 2.16 bits per heavy atom. The summed E-state index contributed by atoms with van der Waals surface area (Å²) in [6.07, 6.45) is 6.19. The zero-order chi connectivity index (χ0) is 13.7. The zero-order valence-electron chi connectivity index (χ0n) is 11.2. The Morgan fingerprint density at radius 1 is 1.32 bits per heavy atom. The van der Waals surface area contributed by atoms with Crippen LogP contribution in [-0.4, -0.2) is 9.97 Å². The van der Waals surface area contributed by atoms with Crippen molar-refractivity contribution < 1.29 is 0 Å². The summed E-state index contributed by atoms with van der Waals surface area (Å²) in [6, 6.07) is 8.38. The maximum Gasteiger partial charge on any atom is 0.0753 e. The molecule has 1 heterocycles. The second-order valence-corrected chi connectivity index (χ2v) is 4.97. The quantitative estimate of drug-likeness (QED) is 0.898. The lowest BCUT2D eigenvalue weighted by molar-refractivity contribution is 0.449. The van der Waals surface area contributed by atoms with Gasteiger partial charge >= 0.3 is 0 Å². The van der Waals surface area contributed by atoms with Gasteiger partial charge in [-0.3, -0.25) is 9.97 Å². The van der Waals surface area contributed by atoms with E-state index in [4.69, 9.17) is 11.6 Å². The zero-order valence-corrected chi connectivity index (χ0v) is 11.9. The first-order chi connectivity index (χ1) is 9.20. The van der Waals surface area contributed by atoms with Gasteiger partial charge in [-0.2, -0.15) is 0 Å². The van der Waals surface area contributed by atoms with E-state index in [1.165, 1.54) is 5.56 Å². The van der Waals surface area contributed by atoms with Gasteiger partial charge < -0.3 is 5.32 Å². The number of nitrogens with zero attached hydrogens (tertiary/aromatic N) is 2. The van der Waals surface area contributed by atoms with Gasteiger partial charge in [0.2, 0.25) is 0 Å². The van der Waals surface area contributed by atoms with Crippen molar-refractivity contribution in [1.82, 2.24) is 15.3 Å². The van der Waals surface area contributed by atoms with Gasteiger partial charge in [-0.25, -0.2) is 0 Å². The van der Waals surface area contributed by atoms with Crippen LogP contribution in [-0.2, 0) is 0 Å². The first kappa shape index (κ1) is 14.0. The maximum absolute atomic E-state index is 6.05. The highest BCUT2D eigenvalue weighted by Crippen LogP contribution is 2.23. The van der Waals surface area contributed by atoms with E-state index < -0.39 is 0 Å². The normalized spacial score (nSPS) is 14.1. The van der Waals surface area contributed by atoms with Gasteiger partial charge in [0.05, 0.1) is 5.69 Å². The Balaban J connectivity index is 2.11. The average Bonchev–Trinajstić information content (AvgIpc) is 2.45. The van der Waals surface area contributed by atoms with E-state index in [1.807, 2.05) is 18.2 Å². The Labute approximate surface area is 119 Å². The molecule has 1 aromatic carbocycles. The Hall–Kier alpha value is -1.45. The van der Waals surface area contributed by atoms with Gasteiger partial charge in [0.25, 0.3) is 0 Å². The van der Waals surface area contributed by atoms with Crippen LogP contribution in [0.4, 0.5) is 0 Å². The molecule has 4 heteroatoms. The molecule has 2 aromatic rings. The van der Waals surface area contributed by atoms with Crippen molar-refractivity contribution in [3.8, 4) is 0 Å². The lowest BCUT2D eigenvalue weighted by Crippen LogP contribution is -2.25. The van der Waals surface area contributed by atoms with E-state index in [0.717, 1.165) is 17.1 Å². The van der Waals surface area contributed by atoms with Crippen LogP contribution in [0.25, 0.3) is 0 Å². The fourth-order valence-corrected chi connectivity index (χ4v) is 2.29. The molecule has 0 radical (unpaired) electrons. The molecule has 0 amide bonds. The Bertz CT molecular complexity index is 516. The third-order valence-electron chi connectivity index (χ3n) is 3.14. The number of halogens is 1. The largest absolute Gasteiger partial charge is 0.302 e. The number of benzene rings is 1. The molecule has 3 nitrogen and oxygen atoms in total. The average molecular weight is 276 g/mol. The first-order valence-corrected chi connectivity index (χ1v) is 6.86. The molecular formula is C15H18ClN3. The lowest BCUT2D eigenvalue weighted by atomic mass is 10.0. The standard InChI is InChI=1S/C15H18ClN3/c1-3-14(12-5-4-6-13(16)9-12)19-11(2)15-10-17-7-8-18-15/h4-11,14,19H,3H2,1-2H3. The van der Waals surface area contributed by atoms with Crippen molar-refractivity contribution in [2.75, 3.05) is 0 Å². The second kappa shape index (κ2) is 6.64. The van der Waals surface area contributed by atoms with Crippen LogP contribution in [0.3, 0.4) is 0 Å². The molecule has 0 bridgehead atoms. The molecule has 0 fully saturated rings. The molecule has 0 aliphatic rings. The van der Waals surface area contributed by atoms with Crippen LogP contribution in [0.1, 0.15) is 43.6 Å². The number of aromatic nitrogens is 2. The smallest absolute Gasteiger partial charge is 0.0753 e. The molecule has 2 rings (SSSR count). The molecule has 19 heavy (non-hydrogen) atoms. The minimum Gasteiger partial charge on any atom is -0.302 e. The van der Waals surface area contributed by atoms with Crippen molar-refractivity contribution in [3.05, 3.63) is 59.1 Å². The molecule has 2 atom stereocenters. The number of rotatable bonds is 5. The van der Waals surface area contributed by atoms with Crippen molar-refractivity contribution in [3.63, 3.8) is 0 Å². The fraction of sp³-hybridized carbons (Fsp3) is 0.333. The topological polar surface area (TPSA) is 37.8 Å². The van der Waals surface area contributed by atoms with Gasteiger partial charge in [-0.05, 0) is 31.0 Å². The van der Waals surface area contributed by atoms with E-state index in [9.17, 15) is 0 Å². The summed E-state index contributed by atoms with van der Waals surface area (Å²) < 4.78 is 0. The predicted octanol–water partition coefficient (Wildman–Crippen LogP) is 3.93. The summed E-state index contributed by atoms with van der Waals surface area (Å²) in [5.74, 6) is 0. The van der Waals surface area contributed by atoms with E-state index >= 15 is 0 Å². The van der Waals surface area contributed by atoms with Crippen molar-refractivity contribution in [1.29, 1.82) is 0 Å². The molecular weight excluding hydrogens is 258 g/mol. The molecule has 2 unspecified atom stereocenters. The van der Waals surface area contributed by atoms with Gasteiger partial charge in [-0.15, -0.1) is 0 Å². The molecule has 0 saturated heterocycles. The van der Waals surface area contributed by atoms with E-state index in [1.54, 1.807) is 18.6 Å². The minimum absolute atomic E-state index is 0.151. The molecule has 0 aliphatic heterocycles. The molecule has 1 aromatic heterocycles. The van der Waals surface area contributed by atoms with Crippen LogP contribution in [0.15, 0.2) is 42.9 Å². The third kappa shape index (κ3) is 3.75. The van der Waals surface area contributed by atoms with Crippen molar-refractivity contribution >= 4 is 11.6 Å². The molecule has 100 valence electrons. The lowest BCUT2D eigenvalue weighted by Gasteiger charge is -2.22. The van der Waals surface area contributed by atoms with Crippen molar-refractivity contribution in [2.24, 2.45) is 0 Å². The predicted molar refractivity (Wildman–Crippen MR) is 78.1 cm³/mol. The molecule has 0 aliphatic carbocycles. The van der Waals surface area contributed by atoms with E-state index in [0.29, 0.717) is 0 Å². The Kier molecular flexibility index (Phi) is 4.88. The summed E-state index contributed by atoms with van der Waals surface area (Å²) in [5.41, 5.74) is 2.15. The number of nitrogens with one attached hydrogen (secondary N) is 1. The summed E-state index contributed by atoms with van der Waals surface area (Å²) in [6.45, 7) is 4.25. The minimum atomic E-state index is 0.151. The number of hydrogen-bond acceptors (Lipinski definition) is 3. The summed E-state index contributed by atoms with van der Waals surface area (Å²) in [4.78, 5) is 8.43. The SMILES string of the molecule is CCC(NC(C)c1cnccn1)c1cccc(Cl)c1. The van der Waals surface area contributed by atoms with Crippen LogP contribution >= 0.6 is 11.6 Å². The monoisotopic (exact) mass is 275 g/mol. The van der Waals surface area contributed by atoms with Gasteiger partial charge in [0.1, 0.15) is 0 Å². The van der Waals surface area contributed by atoms with Gasteiger partial charge in [0.15, 0.2) is 0 Å². The van der Waals surface area contributed by atoms with Crippen LogP contribution < -0.4 is 5.32 Å². The highest BCUT2D eigenvalue weighted by atomic mass is 35.5.